The Labute approximate surface area is 86.7 Å². The minimum absolute atomic E-state index is 0.614. The average Bonchev–Trinajstić information content (AvgIpc) is 2.01. The Bertz CT molecular complexity index is 330. The molecule has 0 saturated heterocycles. The van der Waals surface area contributed by atoms with Crippen molar-refractivity contribution in [1.82, 2.24) is 0 Å². The molecule has 0 amide bonds. The van der Waals surface area contributed by atoms with E-state index < -0.39 is 0 Å². The zero-order chi connectivity index (χ0) is 8.43. The van der Waals surface area contributed by atoms with Crippen molar-refractivity contribution in [3.05, 3.63) is 25.7 Å². The third-order valence-corrected chi connectivity index (χ3v) is 3.96. The fourth-order valence-corrected chi connectivity index (χ4v) is 1.57. The first kappa shape index (κ1) is 8.81. The number of nitrogens with two attached hydrogens (primary N) is 1. The molecule has 0 saturated carbocycles. The number of nitrogen functional groups attached to an aromatic ring is 1. The lowest BCUT2D eigenvalue weighted by molar-refractivity contribution is 1.45. The van der Waals surface area contributed by atoms with Gasteiger partial charge in [-0.2, -0.15) is 5.26 Å². The van der Waals surface area contributed by atoms with Crippen molar-refractivity contribution in [2.45, 2.75) is 0 Å². The van der Waals surface area contributed by atoms with Crippen LogP contribution in [0, 0.1) is 14.9 Å². The molecule has 1 aromatic carbocycles. The van der Waals surface area contributed by atoms with Gasteiger partial charge in [0.05, 0.1) is 13.6 Å². The smallest absolute Gasteiger partial charge is 0.100 e. The Morgan fingerprint density at radius 3 is 2.73 bits per heavy atom. The maximum absolute atomic E-state index is 8.61. The molecule has 2 nitrogen and oxygen atoms in total. The zero-order valence-corrected chi connectivity index (χ0v) is 9.18. The van der Waals surface area contributed by atoms with Gasteiger partial charge in [-0.05, 0) is 50.7 Å². The van der Waals surface area contributed by atoms with E-state index in [0.717, 1.165) is 8.04 Å². The van der Waals surface area contributed by atoms with Crippen LogP contribution in [-0.4, -0.2) is 0 Å². The first-order valence-corrected chi connectivity index (χ1v) is 4.67. The van der Waals surface area contributed by atoms with E-state index in [9.17, 15) is 0 Å². The predicted octanol–water partition coefficient (Wildman–Crippen LogP) is 2.51. The zero-order valence-electron chi connectivity index (χ0n) is 5.44. The first-order valence-electron chi connectivity index (χ1n) is 2.80. The second kappa shape index (κ2) is 3.41. The largest absolute Gasteiger partial charge is 0.398 e. The van der Waals surface area contributed by atoms with Crippen molar-refractivity contribution in [1.29, 1.82) is 5.26 Å². The Morgan fingerprint density at radius 1 is 1.55 bits per heavy atom. The predicted molar refractivity (Wildman–Crippen MR) is 56.0 cm³/mol. The number of rotatable bonds is 0. The van der Waals surface area contributed by atoms with E-state index in [4.69, 9.17) is 11.0 Å². The van der Waals surface area contributed by atoms with Crippen molar-refractivity contribution in [2.24, 2.45) is 0 Å². The summed E-state index contributed by atoms with van der Waals surface area (Å²) >= 11 is 5.38. The topological polar surface area (TPSA) is 49.8 Å². The number of benzene rings is 1. The molecule has 11 heavy (non-hydrogen) atoms. The number of nitrogens with zero attached hydrogens (tertiary/aromatic N) is 1. The normalized spacial score (nSPS) is 9.18. The molecule has 0 atom stereocenters. The minimum atomic E-state index is 0.614. The molecule has 0 aliphatic carbocycles. The molecular weight excluding hydrogens is 319 g/mol. The van der Waals surface area contributed by atoms with Crippen LogP contribution in [0.4, 0.5) is 5.69 Å². The van der Waals surface area contributed by atoms with Crippen LogP contribution in [0.3, 0.4) is 0 Å². The van der Waals surface area contributed by atoms with Crippen LogP contribution < -0.4 is 5.73 Å². The fraction of sp³-hybridized carbons (Fsp3) is 0. The molecule has 1 rings (SSSR count). The Hall–Kier alpha value is -0.280. The Morgan fingerprint density at radius 2 is 2.18 bits per heavy atom. The minimum Gasteiger partial charge on any atom is -0.398 e. The van der Waals surface area contributed by atoms with Crippen molar-refractivity contribution in [3.8, 4) is 6.07 Å². The summed E-state index contributed by atoms with van der Waals surface area (Å²) in [4.78, 5) is 0. The van der Waals surface area contributed by atoms with Gasteiger partial charge in [-0.15, -0.1) is 0 Å². The summed E-state index contributed by atoms with van der Waals surface area (Å²) in [7, 11) is 0. The molecule has 0 spiro atoms. The van der Waals surface area contributed by atoms with Crippen LogP contribution in [0.25, 0.3) is 0 Å². The first-order chi connectivity index (χ1) is 5.16. The summed E-state index contributed by atoms with van der Waals surface area (Å²) in [5, 5.41) is 8.61. The third-order valence-electron chi connectivity index (χ3n) is 1.23. The van der Waals surface area contributed by atoms with Gasteiger partial charge in [-0.25, -0.2) is 0 Å². The molecular formula is C7H4BrIN2. The van der Waals surface area contributed by atoms with E-state index in [1.807, 2.05) is 0 Å². The molecule has 0 bridgehead atoms. The highest BCUT2D eigenvalue weighted by Gasteiger charge is 2.05. The molecule has 0 radical (unpaired) electrons. The van der Waals surface area contributed by atoms with E-state index in [1.165, 1.54) is 0 Å². The molecule has 1 aromatic rings. The van der Waals surface area contributed by atoms with Crippen molar-refractivity contribution >= 4 is 44.2 Å². The molecule has 0 unspecified atom stereocenters. The summed E-state index contributed by atoms with van der Waals surface area (Å²) in [6, 6.07) is 5.48. The molecule has 0 fully saturated rings. The summed E-state index contributed by atoms with van der Waals surface area (Å²) in [6.07, 6.45) is 0. The molecule has 0 heterocycles. The second-order valence-corrected chi connectivity index (χ2v) is 3.81. The van der Waals surface area contributed by atoms with Gasteiger partial charge in [0.25, 0.3) is 0 Å². The van der Waals surface area contributed by atoms with Crippen LogP contribution in [-0.2, 0) is 0 Å². The van der Waals surface area contributed by atoms with Crippen LogP contribution in [0.15, 0.2) is 16.6 Å². The van der Waals surface area contributed by atoms with Crippen LogP contribution in [0.1, 0.15) is 5.56 Å². The van der Waals surface area contributed by atoms with Gasteiger partial charge in [0.1, 0.15) is 6.07 Å². The molecule has 4 heteroatoms. The van der Waals surface area contributed by atoms with Gasteiger partial charge in [-0.1, -0.05) is 0 Å². The fourth-order valence-electron chi connectivity index (χ4n) is 0.651. The third kappa shape index (κ3) is 1.65. The lowest BCUT2D eigenvalue weighted by Gasteiger charge is -2.01. The standard InChI is InChI=1S/C7H4BrIN2/c8-6-4(3-10)1-2-5(11)7(6)9/h1-2H,11H2. The summed E-state index contributed by atoms with van der Waals surface area (Å²) < 4.78 is 1.67. The van der Waals surface area contributed by atoms with Crippen LogP contribution in [0.5, 0.6) is 0 Å². The number of hydrogen-bond donors (Lipinski definition) is 1. The van der Waals surface area contributed by atoms with Crippen molar-refractivity contribution < 1.29 is 0 Å². The van der Waals surface area contributed by atoms with E-state index in [1.54, 1.807) is 12.1 Å². The number of halogens is 2. The summed E-state index contributed by atoms with van der Waals surface area (Å²) in [5.74, 6) is 0. The van der Waals surface area contributed by atoms with Gasteiger partial charge in [-0.3, -0.25) is 0 Å². The van der Waals surface area contributed by atoms with Crippen LogP contribution >= 0.6 is 38.5 Å². The quantitative estimate of drug-likeness (QED) is 0.589. The van der Waals surface area contributed by atoms with Gasteiger partial charge >= 0.3 is 0 Å². The van der Waals surface area contributed by atoms with E-state index in [2.05, 4.69) is 44.6 Å². The van der Waals surface area contributed by atoms with Gasteiger partial charge in [0.15, 0.2) is 0 Å². The average molecular weight is 323 g/mol. The van der Waals surface area contributed by atoms with E-state index in [0.29, 0.717) is 11.3 Å². The maximum Gasteiger partial charge on any atom is 0.100 e. The number of hydrogen-bond acceptors (Lipinski definition) is 2. The lowest BCUT2D eigenvalue weighted by Crippen LogP contribution is -1.91. The molecule has 0 aromatic heterocycles. The molecule has 56 valence electrons. The molecule has 0 aliphatic rings. The molecule has 0 aliphatic heterocycles. The second-order valence-electron chi connectivity index (χ2n) is 1.94. The van der Waals surface area contributed by atoms with Gasteiger partial charge in [0, 0.05) is 5.69 Å². The van der Waals surface area contributed by atoms with E-state index in [-0.39, 0.29) is 0 Å². The lowest BCUT2D eigenvalue weighted by atomic mass is 10.2. The highest BCUT2D eigenvalue weighted by atomic mass is 127. The van der Waals surface area contributed by atoms with E-state index >= 15 is 0 Å². The van der Waals surface area contributed by atoms with Crippen molar-refractivity contribution in [2.75, 3.05) is 5.73 Å². The number of nitriles is 1. The summed E-state index contributed by atoms with van der Waals surface area (Å²) in [5.41, 5.74) is 6.90. The van der Waals surface area contributed by atoms with Crippen molar-refractivity contribution in [3.63, 3.8) is 0 Å². The molecule has 2 N–H and O–H groups in total. The SMILES string of the molecule is N#Cc1ccc(N)c(I)c1Br. The Kier molecular flexibility index (Phi) is 2.73. The summed E-state index contributed by atoms with van der Waals surface area (Å²) in [6.45, 7) is 0. The van der Waals surface area contributed by atoms with Gasteiger partial charge < -0.3 is 5.73 Å². The Balaban J connectivity index is 3.40. The monoisotopic (exact) mass is 322 g/mol. The van der Waals surface area contributed by atoms with Gasteiger partial charge in [0.2, 0.25) is 0 Å². The number of anilines is 1. The van der Waals surface area contributed by atoms with Crippen LogP contribution in [0.2, 0.25) is 0 Å². The maximum atomic E-state index is 8.61. The highest BCUT2D eigenvalue weighted by Crippen LogP contribution is 2.27. The highest BCUT2D eigenvalue weighted by molar-refractivity contribution is 14.1.